The van der Waals surface area contributed by atoms with Crippen LogP contribution in [-0.4, -0.2) is 0 Å². The molecule has 184 valence electrons. The van der Waals surface area contributed by atoms with Crippen molar-refractivity contribution in [2.75, 3.05) is 0 Å². The van der Waals surface area contributed by atoms with Crippen molar-refractivity contribution >= 4 is 0 Å². The highest BCUT2D eigenvalue weighted by Crippen LogP contribution is 2.50. The van der Waals surface area contributed by atoms with Gasteiger partial charge in [0, 0.05) is 0 Å². The number of hydrogen-bond donors (Lipinski definition) is 0. The van der Waals surface area contributed by atoms with Gasteiger partial charge < -0.3 is 0 Å². The lowest BCUT2D eigenvalue weighted by Gasteiger charge is -2.15. The Morgan fingerprint density at radius 1 is 0.281 bits per heavy atom. The predicted octanol–water partition coefficient (Wildman–Crippen LogP) is 9.77. The molecule has 0 aliphatic heterocycles. The molecule has 8 aliphatic carbocycles. The molecule has 8 fully saturated rings. The molecule has 0 amide bonds. The first kappa shape index (κ1) is 23.7. The number of fused-ring (bicyclic) bond motifs is 8. The summed E-state index contributed by atoms with van der Waals surface area (Å²) in [5.41, 5.74) is 0. The van der Waals surface area contributed by atoms with E-state index in [2.05, 4.69) is 27.7 Å². The maximum atomic E-state index is 2.42. The van der Waals surface area contributed by atoms with E-state index in [1.54, 1.807) is 103 Å². The summed E-state index contributed by atoms with van der Waals surface area (Å²) in [4.78, 5) is 0. The van der Waals surface area contributed by atoms with Crippen LogP contribution in [0.5, 0.6) is 0 Å². The van der Waals surface area contributed by atoms with Gasteiger partial charge in [-0.3, -0.25) is 0 Å². The summed E-state index contributed by atoms with van der Waals surface area (Å²) in [5, 5.41) is 0. The van der Waals surface area contributed by atoms with E-state index >= 15 is 0 Å². The Labute approximate surface area is 201 Å². The fourth-order valence-corrected chi connectivity index (χ4v) is 10.3. The third kappa shape index (κ3) is 5.46. The Kier molecular flexibility index (Phi) is 7.65. The van der Waals surface area contributed by atoms with Crippen molar-refractivity contribution in [3.05, 3.63) is 0 Å². The third-order valence-corrected chi connectivity index (χ3v) is 12.4. The van der Waals surface area contributed by atoms with E-state index in [1.807, 2.05) is 0 Å². The Hall–Kier alpha value is 0. The second-order valence-corrected chi connectivity index (χ2v) is 14.6. The van der Waals surface area contributed by atoms with E-state index in [-0.39, 0.29) is 0 Å². The summed E-state index contributed by atoms with van der Waals surface area (Å²) >= 11 is 0. The monoisotopic (exact) mass is 440 g/mol. The molecule has 32 heavy (non-hydrogen) atoms. The molecule has 0 spiro atoms. The summed E-state index contributed by atoms with van der Waals surface area (Å²) in [6, 6.07) is 0. The minimum Gasteiger partial charge on any atom is -0.0622 e. The van der Waals surface area contributed by atoms with Gasteiger partial charge in [0.25, 0.3) is 0 Å². The van der Waals surface area contributed by atoms with E-state index in [9.17, 15) is 0 Å². The first-order valence-corrected chi connectivity index (χ1v) is 15.4. The zero-order valence-electron chi connectivity index (χ0n) is 22.2. The van der Waals surface area contributed by atoms with Crippen molar-refractivity contribution in [1.82, 2.24) is 0 Å². The van der Waals surface area contributed by atoms with Crippen LogP contribution in [0.1, 0.15) is 130 Å². The maximum Gasteiger partial charge on any atom is -0.0386 e. The standard InChI is InChI=1S/4C8H14/c4*1-6-4-7-2-3-8(6)5-7/h4*6-8H,2-5H2,1H3/t2*6-,7+,8+;2*6-,7-,8-/m1010/s1. The zero-order valence-corrected chi connectivity index (χ0v) is 22.2. The van der Waals surface area contributed by atoms with Gasteiger partial charge in [0.1, 0.15) is 0 Å². The first-order valence-electron chi connectivity index (χ1n) is 15.4. The van der Waals surface area contributed by atoms with Gasteiger partial charge in [-0.25, -0.2) is 0 Å². The van der Waals surface area contributed by atoms with Crippen LogP contribution < -0.4 is 0 Å². The van der Waals surface area contributed by atoms with Gasteiger partial charge in [0.05, 0.1) is 0 Å². The van der Waals surface area contributed by atoms with E-state index < -0.39 is 0 Å². The molecule has 0 nitrogen and oxygen atoms in total. The molecule has 0 aromatic carbocycles. The fraction of sp³-hybridized carbons (Fsp3) is 1.00. The van der Waals surface area contributed by atoms with Crippen LogP contribution in [0.25, 0.3) is 0 Å². The van der Waals surface area contributed by atoms with Crippen molar-refractivity contribution in [2.24, 2.45) is 71.0 Å². The van der Waals surface area contributed by atoms with Gasteiger partial charge in [-0.05, 0) is 148 Å². The molecule has 8 bridgehead atoms. The summed E-state index contributed by atoms with van der Waals surface area (Å²) in [6.07, 6.45) is 24.9. The topological polar surface area (TPSA) is 0 Å². The lowest BCUT2D eigenvalue weighted by molar-refractivity contribution is 0.360. The van der Waals surface area contributed by atoms with Crippen molar-refractivity contribution in [2.45, 2.75) is 130 Å². The average molecular weight is 441 g/mol. The Bertz CT molecular complexity index is 481. The van der Waals surface area contributed by atoms with Gasteiger partial charge in [-0.2, -0.15) is 0 Å². The van der Waals surface area contributed by atoms with Crippen molar-refractivity contribution in [3.63, 3.8) is 0 Å². The highest BCUT2D eigenvalue weighted by atomic mass is 14.4. The summed E-state index contributed by atoms with van der Waals surface area (Å²) < 4.78 is 0. The minimum atomic E-state index is 1.08. The first-order chi connectivity index (χ1) is 15.4. The van der Waals surface area contributed by atoms with Crippen LogP contribution in [-0.2, 0) is 0 Å². The van der Waals surface area contributed by atoms with Crippen molar-refractivity contribution < 1.29 is 0 Å². The predicted molar refractivity (Wildman–Crippen MR) is 138 cm³/mol. The SMILES string of the molecule is C[C@@H]1C[C@@H]2CC[C@H]1C2.C[C@@H]1C[C@H]2CC[C@@H]1C2.C[C@H]1C[C@@H]2CC[C@H]1C2.C[C@H]1C[C@H]2CC[C@@H]1C2. The molecule has 0 saturated heterocycles. The quantitative estimate of drug-likeness (QED) is 0.351. The lowest BCUT2D eigenvalue weighted by Crippen LogP contribution is -2.04. The van der Waals surface area contributed by atoms with E-state index in [0.717, 1.165) is 71.0 Å². The van der Waals surface area contributed by atoms with Gasteiger partial charge in [-0.15, -0.1) is 0 Å². The molecule has 0 aromatic heterocycles. The summed E-state index contributed by atoms with van der Waals surface area (Å²) in [6.45, 7) is 9.68. The zero-order chi connectivity index (χ0) is 22.2. The molecule has 0 N–H and O–H groups in total. The summed E-state index contributed by atoms with van der Waals surface area (Å²) in [5.74, 6) is 13.5. The highest BCUT2D eigenvalue weighted by molar-refractivity contribution is 4.89. The normalized spacial score (nSPS) is 52.9. The Morgan fingerprint density at radius 2 is 0.500 bits per heavy atom. The van der Waals surface area contributed by atoms with E-state index in [1.165, 1.54) is 0 Å². The highest BCUT2D eigenvalue weighted by Gasteiger charge is 2.38. The minimum absolute atomic E-state index is 1.08. The Balaban J connectivity index is 0.0000000900. The fourth-order valence-electron chi connectivity index (χ4n) is 10.3. The van der Waals surface area contributed by atoms with Crippen LogP contribution in [0, 0.1) is 71.0 Å². The second kappa shape index (κ2) is 10.3. The van der Waals surface area contributed by atoms with Gasteiger partial charge in [0.15, 0.2) is 0 Å². The molecule has 0 radical (unpaired) electrons. The van der Waals surface area contributed by atoms with Gasteiger partial charge in [0.2, 0.25) is 0 Å². The van der Waals surface area contributed by atoms with Crippen LogP contribution in [0.3, 0.4) is 0 Å². The Morgan fingerprint density at radius 3 is 0.562 bits per heavy atom. The molecule has 0 aromatic rings. The van der Waals surface area contributed by atoms with E-state index in [4.69, 9.17) is 0 Å². The molecule has 12 atom stereocenters. The molecule has 8 aliphatic rings. The largest absolute Gasteiger partial charge is 0.0622 e. The molecule has 8 rings (SSSR count). The number of hydrogen-bond acceptors (Lipinski definition) is 0. The molecule has 0 heterocycles. The molecular weight excluding hydrogens is 384 g/mol. The van der Waals surface area contributed by atoms with Gasteiger partial charge in [-0.1, -0.05) is 53.4 Å². The van der Waals surface area contributed by atoms with Crippen LogP contribution in [0.2, 0.25) is 0 Å². The smallest absolute Gasteiger partial charge is 0.0386 e. The maximum absolute atomic E-state index is 2.42. The van der Waals surface area contributed by atoms with Crippen LogP contribution >= 0.6 is 0 Å². The molecule has 0 unspecified atom stereocenters. The van der Waals surface area contributed by atoms with Crippen LogP contribution in [0.15, 0.2) is 0 Å². The third-order valence-electron chi connectivity index (χ3n) is 12.4. The van der Waals surface area contributed by atoms with Gasteiger partial charge >= 0.3 is 0 Å². The molecule has 8 saturated carbocycles. The average Bonchev–Trinajstić information content (AvgIpc) is 3.61. The number of rotatable bonds is 0. The van der Waals surface area contributed by atoms with Crippen LogP contribution in [0.4, 0.5) is 0 Å². The summed E-state index contributed by atoms with van der Waals surface area (Å²) in [7, 11) is 0. The van der Waals surface area contributed by atoms with Crippen molar-refractivity contribution in [1.29, 1.82) is 0 Å². The second-order valence-electron chi connectivity index (χ2n) is 14.6. The van der Waals surface area contributed by atoms with Crippen molar-refractivity contribution in [3.8, 4) is 0 Å². The van der Waals surface area contributed by atoms with E-state index in [0.29, 0.717) is 0 Å². The molecular formula is C32H56. The lowest BCUT2D eigenvalue weighted by atomic mass is 9.91. The molecule has 0 heteroatoms.